The van der Waals surface area contributed by atoms with Gasteiger partial charge >= 0.3 is 0 Å². The van der Waals surface area contributed by atoms with Crippen LogP contribution < -0.4 is 0 Å². The van der Waals surface area contributed by atoms with E-state index in [0.717, 1.165) is 110 Å². The molecule has 11 aromatic carbocycles. The van der Waals surface area contributed by atoms with Gasteiger partial charge in [-0.3, -0.25) is 0 Å². The molecule has 5 heteroatoms. The van der Waals surface area contributed by atoms with Crippen LogP contribution in [0.2, 0.25) is 0 Å². The number of benzene rings is 11. The summed E-state index contributed by atoms with van der Waals surface area (Å²) in [4.78, 5) is 16.0. The van der Waals surface area contributed by atoms with Crippen molar-refractivity contribution in [1.29, 1.82) is 5.26 Å². The molecule has 0 unspecified atom stereocenters. The molecule has 0 saturated carbocycles. The van der Waals surface area contributed by atoms with Crippen LogP contribution in [-0.4, -0.2) is 19.5 Å². The van der Waals surface area contributed by atoms with E-state index in [0.29, 0.717) is 23.0 Å². The fraction of sp³-hybridized carbons (Fsp3) is 0. The third kappa shape index (κ3) is 7.76. The number of aromatic nitrogens is 4. The zero-order valence-corrected chi connectivity index (χ0v) is 38.4. The number of nitriles is 1. The summed E-state index contributed by atoms with van der Waals surface area (Å²) in [5.41, 5.74) is 14.5. The maximum absolute atomic E-state index is 10.5. The zero-order valence-electron chi connectivity index (χ0n) is 38.4. The molecule has 0 amide bonds. The Labute approximate surface area is 410 Å². The Balaban J connectivity index is 1.11. The maximum atomic E-state index is 10.5. The van der Waals surface area contributed by atoms with Crippen molar-refractivity contribution in [2.75, 3.05) is 0 Å². The minimum absolute atomic E-state index is 0.532. The summed E-state index contributed by atoms with van der Waals surface area (Å²) < 4.78 is 2.39. The molecule has 2 aromatic heterocycles. The van der Waals surface area contributed by atoms with Gasteiger partial charge in [0.25, 0.3) is 0 Å². The van der Waals surface area contributed by atoms with Crippen molar-refractivity contribution in [2.45, 2.75) is 0 Å². The number of hydrogen-bond donors (Lipinski definition) is 0. The van der Waals surface area contributed by atoms with Gasteiger partial charge in [0.1, 0.15) is 0 Å². The lowest BCUT2D eigenvalue weighted by Gasteiger charge is -2.16. The summed E-state index contributed by atoms with van der Waals surface area (Å²) in [5.74, 6) is 1.68. The van der Waals surface area contributed by atoms with Crippen molar-refractivity contribution < 1.29 is 0 Å². The topological polar surface area (TPSA) is 67.4 Å². The Morgan fingerprint density at radius 2 is 0.662 bits per heavy atom. The molecule has 5 nitrogen and oxygen atoms in total. The van der Waals surface area contributed by atoms with Crippen LogP contribution in [0.4, 0.5) is 0 Å². The second kappa shape index (κ2) is 17.4. The van der Waals surface area contributed by atoms with Crippen molar-refractivity contribution in [3.8, 4) is 90.4 Å². The average Bonchev–Trinajstić information content (AvgIpc) is 3.78. The highest BCUT2D eigenvalue weighted by Crippen LogP contribution is 2.40. The summed E-state index contributed by atoms with van der Waals surface area (Å²) in [6.45, 7) is 0. The van der Waals surface area contributed by atoms with Gasteiger partial charge < -0.3 is 4.57 Å². The second-order valence-electron chi connectivity index (χ2n) is 18.0. The first-order valence-corrected chi connectivity index (χ1v) is 23.8. The molecule has 0 atom stereocenters. The van der Waals surface area contributed by atoms with E-state index in [1.54, 1.807) is 0 Å². The molecule has 0 aliphatic rings. The van der Waals surface area contributed by atoms with Crippen LogP contribution in [0.15, 0.2) is 249 Å². The van der Waals surface area contributed by atoms with Gasteiger partial charge in [0.2, 0.25) is 0 Å². The maximum Gasteiger partial charge on any atom is 0.164 e. The van der Waals surface area contributed by atoms with Gasteiger partial charge in [0, 0.05) is 33.2 Å². The smallest absolute Gasteiger partial charge is 0.164 e. The number of nitrogens with zero attached hydrogens (tertiary/aromatic N) is 5. The Bertz CT molecular complexity index is 4030. The third-order valence-electron chi connectivity index (χ3n) is 13.6. The highest BCUT2D eigenvalue weighted by Gasteiger charge is 2.20. The van der Waals surface area contributed by atoms with Crippen LogP contribution in [0, 0.1) is 11.3 Å². The molecule has 2 heterocycles. The SMILES string of the molecule is N#Cc1cc(-c2ccccc2)cc(-c2cc(-c3nc(-c4ccc5ccccc5c4)nc(-c4ccc5ccccc5c4)n3)cc(-n3c4cc(-c5ccccc5)ccc4c4ccc(-c5ccccc5)cc43)c2)c1. The molecular formula is C66H41N5. The van der Waals surface area contributed by atoms with Crippen LogP contribution in [-0.2, 0) is 0 Å². The van der Waals surface area contributed by atoms with Gasteiger partial charge in [0.15, 0.2) is 17.5 Å². The molecule has 13 rings (SSSR count). The predicted octanol–water partition coefficient (Wildman–Crippen LogP) is 16.8. The monoisotopic (exact) mass is 903 g/mol. The quantitative estimate of drug-likeness (QED) is 0.152. The van der Waals surface area contributed by atoms with E-state index >= 15 is 0 Å². The van der Waals surface area contributed by atoms with E-state index in [1.807, 2.05) is 30.3 Å². The van der Waals surface area contributed by atoms with Crippen molar-refractivity contribution in [1.82, 2.24) is 19.5 Å². The molecule has 0 N–H and O–H groups in total. The van der Waals surface area contributed by atoms with Crippen molar-refractivity contribution in [3.63, 3.8) is 0 Å². The molecule has 71 heavy (non-hydrogen) atoms. The van der Waals surface area contributed by atoms with Crippen molar-refractivity contribution in [2.24, 2.45) is 0 Å². The van der Waals surface area contributed by atoms with E-state index in [2.05, 4.69) is 229 Å². The first-order chi connectivity index (χ1) is 35.1. The standard InChI is InChI=1S/C66H41N5/c67-42-43-32-55(46-18-8-3-9-19-46)36-56(33-43)57-37-58(66-69-64(53-26-24-47-20-10-12-22-49(47)34-53)68-65(70-66)54-27-25-48-21-11-13-23-50(48)35-54)39-59(38-57)71-62-40-51(44-14-4-1-5-15-44)28-30-60(62)61-31-29-52(41-63(61)71)45-16-6-2-7-17-45/h1-41H. The van der Waals surface area contributed by atoms with Crippen molar-refractivity contribution in [3.05, 3.63) is 254 Å². The van der Waals surface area contributed by atoms with Gasteiger partial charge in [-0.05, 0) is 127 Å². The molecule has 0 saturated heterocycles. The van der Waals surface area contributed by atoms with Crippen molar-refractivity contribution >= 4 is 43.4 Å². The van der Waals surface area contributed by atoms with Crippen LogP contribution in [0.3, 0.4) is 0 Å². The fourth-order valence-electron chi connectivity index (χ4n) is 10.0. The molecule has 13 aromatic rings. The Hall–Kier alpha value is -9.76. The van der Waals surface area contributed by atoms with Gasteiger partial charge in [-0.2, -0.15) is 5.26 Å². The van der Waals surface area contributed by atoms with E-state index in [-0.39, 0.29) is 0 Å². The number of rotatable bonds is 8. The van der Waals surface area contributed by atoms with E-state index in [1.165, 1.54) is 0 Å². The lowest BCUT2D eigenvalue weighted by atomic mass is 9.95. The molecule has 0 fully saturated rings. The summed E-state index contributed by atoms with van der Waals surface area (Å²) in [7, 11) is 0. The summed E-state index contributed by atoms with van der Waals surface area (Å²) in [5, 5.41) is 17.3. The van der Waals surface area contributed by atoms with Gasteiger partial charge in [0.05, 0.1) is 22.7 Å². The minimum atomic E-state index is 0.532. The van der Waals surface area contributed by atoms with E-state index in [4.69, 9.17) is 15.0 Å². The van der Waals surface area contributed by atoms with E-state index in [9.17, 15) is 5.26 Å². The molecule has 0 bridgehead atoms. The lowest BCUT2D eigenvalue weighted by Crippen LogP contribution is -2.02. The first-order valence-electron chi connectivity index (χ1n) is 23.8. The molecule has 0 radical (unpaired) electrons. The summed E-state index contributed by atoms with van der Waals surface area (Å²) >= 11 is 0. The van der Waals surface area contributed by atoms with Gasteiger partial charge in [-0.15, -0.1) is 0 Å². The highest BCUT2D eigenvalue weighted by molar-refractivity contribution is 6.11. The fourth-order valence-corrected chi connectivity index (χ4v) is 10.0. The normalized spacial score (nSPS) is 11.4. The zero-order chi connectivity index (χ0) is 47.3. The molecule has 0 aliphatic carbocycles. The molecule has 0 aliphatic heterocycles. The Morgan fingerprint density at radius 1 is 0.282 bits per heavy atom. The van der Waals surface area contributed by atoms with Gasteiger partial charge in [-0.1, -0.05) is 188 Å². The third-order valence-corrected chi connectivity index (χ3v) is 13.6. The van der Waals surface area contributed by atoms with E-state index < -0.39 is 0 Å². The second-order valence-corrected chi connectivity index (χ2v) is 18.0. The first kappa shape index (κ1) is 41.4. The van der Waals surface area contributed by atoms with Crippen LogP contribution in [0.1, 0.15) is 5.56 Å². The predicted molar refractivity (Wildman–Crippen MR) is 292 cm³/mol. The summed E-state index contributed by atoms with van der Waals surface area (Å²) in [6, 6.07) is 89.6. The number of hydrogen-bond acceptors (Lipinski definition) is 4. The van der Waals surface area contributed by atoms with Crippen LogP contribution in [0.25, 0.3) is 128 Å². The highest BCUT2D eigenvalue weighted by atomic mass is 15.0. The number of fused-ring (bicyclic) bond motifs is 5. The molecular weight excluding hydrogens is 863 g/mol. The average molecular weight is 904 g/mol. The molecule has 0 spiro atoms. The summed E-state index contributed by atoms with van der Waals surface area (Å²) in [6.07, 6.45) is 0. The Kier molecular flexibility index (Phi) is 10.2. The Morgan fingerprint density at radius 3 is 1.15 bits per heavy atom. The van der Waals surface area contributed by atoms with Crippen LogP contribution in [0.5, 0.6) is 0 Å². The minimum Gasteiger partial charge on any atom is -0.309 e. The molecule has 330 valence electrons. The lowest BCUT2D eigenvalue weighted by molar-refractivity contribution is 1.07. The van der Waals surface area contributed by atoms with Crippen LogP contribution >= 0.6 is 0 Å². The largest absolute Gasteiger partial charge is 0.309 e. The van der Waals surface area contributed by atoms with Gasteiger partial charge in [-0.25, -0.2) is 15.0 Å².